The number of carbonyl (C=O) groups is 2. The van der Waals surface area contributed by atoms with Crippen molar-refractivity contribution in [2.75, 3.05) is 6.61 Å². The van der Waals surface area contributed by atoms with Gasteiger partial charge < -0.3 is 19.6 Å². The second-order valence-corrected chi connectivity index (χ2v) is 8.61. The molecule has 186 valence electrons. The van der Waals surface area contributed by atoms with Gasteiger partial charge in [-0.1, -0.05) is 39.0 Å². The standard InChI is InChI=1S/C26H26N4O6/c1-4-16-10-18-21(11-20(16)36-13-22(31)28-23(15(2)3)26(33)34)35-12-19(24(18)32)25-29-27-14-30(25)17-8-6-5-7-9-17/h5-12,14-15,23H,4,13H2,1-3H3,(H2,28,31,33,34)/p+1/t23-/m1/s1. The van der Waals surface area contributed by atoms with Gasteiger partial charge in [0, 0.05) is 11.2 Å². The number of ether oxygens (including phenoxy) is 1. The SMILES string of the molecule is CCc1cc2c(=O)c(-c3[nH]nc[n+]3-c3ccccc3)coc2cc1OCC(=O)N[C@@H](C(=O)O)C(C)C. The monoisotopic (exact) mass is 491 g/mol. The topological polar surface area (TPSA) is 138 Å². The first kappa shape index (κ1) is 24.6. The fraction of sp³-hybridized carbons (Fsp3) is 0.269. The van der Waals surface area contributed by atoms with E-state index in [1.807, 2.05) is 37.3 Å². The molecule has 10 heteroatoms. The van der Waals surface area contributed by atoms with Crippen LogP contribution in [0.1, 0.15) is 26.3 Å². The van der Waals surface area contributed by atoms with E-state index in [1.165, 1.54) is 6.26 Å². The molecule has 0 radical (unpaired) electrons. The van der Waals surface area contributed by atoms with Crippen molar-refractivity contribution in [3.05, 3.63) is 70.8 Å². The Hall–Kier alpha value is -4.47. The number of amides is 1. The molecule has 0 saturated heterocycles. The third-order valence-electron chi connectivity index (χ3n) is 5.82. The van der Waals surface area contributed by atoms with Crippen LogP contribution in [0.2, 0.25) is 0 Å². The van der Waals surface area contributed by atoms with E-state index in [-0.39, 0.29) is 18.0 Å². The molecule has 0 fully saturated rings. The summed E-state index contributed by atoms with van der Waals surface area (Å²) >= 11 is 0. The molecule has 0 aliphatic heterocycles. The van der Waals surface area contributed by atoms with Gasteiger partial charge in [0.15, 0.2) is 6.61 Å². The van der Waals surface area contributed by atoms with Crippen LogP contribution < -0.4 is 20.0 Å². The fourth-order valence-corrected chi connectivity index (χ4v) is 3.88. The Morgan fingerprint density at radius 1 is 1.22 bits per heavy atom. The molecule has 0 bridgehead atoms. The van der Waals surface area contributed by atoms with Gasteiger partial charge in [-0.3, -0.25) is 9.59 Å². The van der Waals surface area contributed by atoms with E-state index in [4.69, 9.17) is 9.15 Å². The number of rotatable bonds is 9. The lowest BCUT2D eigenvalue weighted by molar-refractivity contribution is -0.584. The molecule has 0 saturated carbocycles. The number of nitrogens with one attached hydrogen (secondary N) is 2. The molecule has 1 atom stereocenters. The van der Waals surface area contributed by atoms with E-state index in [2.05, 4.69) is 15.5 Å². The van der Waals surface area contributed by atoms with Crippen molar-refractivity contribution in [3.8, 4) is 22.8 Å². The van der Waals surface area contributed by atoms with Crippen LogP contribution in [0.4, 0.5) is 0 Å². The number of carboxylic acids is 1. The molecular formula is C26H27N4O6+. The number of aromatic amines is 1. The molecule has 4 aromatic rings. The molecule has 1 amide bonds. The molecule has 2 aromatic carbocycles. The van der Waals surface area contributed by atoms with Gasteiger partial charge in [-0.2, -0.15) is 4.57 Å². The molecule has 2 heterocycles. The molecule has 0 aliphatic carbocycles. The number of carboxylic acid groups (broad SMARTS) is 1. The minimum Gasteiger partial charge on any atom is -0.483 e. The van der Waals surface area contributed by atoms with Crippen LogP contribution in [0.3, 0.4) is 0 Å². The molecule has 36 heavy (non-hydrogen) atoms. The van der Waals surface area contributed by atoms with E-state index >= 15 is 0 Å². The first-order chi connectivity index (χ1) is 17.3. The largest absolute Gasteiger partial charge is 0.483 e. The zero-order valence-corrected chi connectivity index (χ0v) is 20.1. The van der Waals surface area contributed by atoms with E-state index < -0.39 is 17.9 Å². The van der Waals surface area contributed by atoms with Crippen molar-refractivity contribution in [2.45, 2.75) is 33.2 Å². The number of aryl methyl sites for hydroxylation is 1. The van der Waals surface area contributed by atoms with Crippen LogP contribution in [-0.4, -0.2) is 39.8 Å². The fourth-order valence-electron chi connectivity index (χ4n) is 3.88. The number of fused-ring (bicyclic) bond motifs is 1. The van der Waals surface area contributed by atoms with E-state index in [0.717, 1.165) is 5.69 Å². The number of benzene rings is 2. The van der Waals surface area contributed by atoms with Crippen molar-refractivity contribution in [1.82, 2.24) is 15.5 Å². The second kappa shape index (κ2) is 10.4. The van der Waals surface area contributed by atoms with Crippen molar-refractivity contribution in [1.29, 1.82) is 0 Å². The zero-order valence-electron chi connectivity index (χ0n) is 20.1. The number of para-hydroxylation sites is 1. The third kappa shape index (κ3) is 4.97. The van der Waals surface area contributed by atoms with Gasteiger partial charge in [0.2, 0.25) is 5.43 Å². The Kier molecular flexibility index (Phi) is 7.14. The summed E-state index contributed by atoms with van der Waals surface area (Å²) in [5.74, 6) is -1.09. The molecule has 0 unspecified atom stereocenters. The predicted molar refractivity (Wildman–Crippen MR) is 131 cm³/mol. The Balaban J connectivity index is 1.63. The molecular weight excluding hydrogens is 464 g/mol. The quantitative estimate of drug-likeness (QED) is 0.306. The Morgan fingerprint density at radius 3 is 2.64 bits per heavy atom. The minimum absolute atomic E-state index is 0.245. The van der Waals surface area contributed by atoms with Crippen LogP contribution in [0, 0.1) is 5.92 Å². The first-order valence-corrected chi connectivity index (χ1v) is 11.5. The average molecular weight is 492 g/mol. The molecule has 3 N–H and O–H groups in total. The highest BCUT2D eigenvalue weighted by atomic mass is 16.5. The Morgan fingerprint density at radius 2 is 1.97 bits per heavy atom. The van der Waals surface area contributed by atoms with E-state index in [0.29, 0.717) is 40.1 Å². The highest BCUT2D eigenvalue weighted by Gasteiger charge is 2.24. The van der Waals surface area contributed by atoms with Crippen LogP contribution in [0.25, 0.3) is 28.0 Å². The van der Waals surface area contributed by atoms with Gasteiger partial charge in [0.25, 0.3) is 18.1 Å². The Bertz CT molecular complexity index is 1460. The lowest BCUT2D eigenvalue weighted by Crippen LogP contribution is -2.46. The van der Waals surface area contributed by atoms with E-state index in [9.17, 15) is 19.5 Å². The highest BCUT2D eigenvalue weighted by molar-refractivity contribution is 5.85. The number of carbonyl (C=O) groups excluding carboxylic acids is 1. The van der Waals surface area contributed by atoms with Crippen molar-refractivity contribution in [2.24, 2.45) is 5.92 Å². The number of hydrogen-bond acceptors (Lipinski definition) is 6. The first-order valence-electron chi connectivity index (χ1n) is 11.5. The van der Waals surface area contributed by atoms with Crippen molar-refractivity contribution >= 4 is 22.8 Å². The number of hydrogen-bond donors (Lipinski definition) is 3. The van der Waals surface area contributed by atoms with Crippen LogP contribution >= 0.6 is 0 Å². The number of aromatic nitrogens is 3. The summed E-state index contributed by atoms with van der Waals surface area (Å²) in [5.41, 5.74) is 1.91. The maximum atomic E-state index is 13.4. The average Bonchev–Trinajstić information content (AvgIpc) is 3.35. The van der Waals surface area contributed by atoms with Gasteiger partial charge in [-0.15, -0.1) is 5.10 Å². The smallest absolute Gasteiger partial charge is 0.326 e. The van der Waals surface area contributed by atoms with Gasteiger partial charge in [0.05, 0.1) is 5.39 Å². The third-order valence-corrected chi connectivity index (χ3v) is 5.82. The van der Waals surface area contributed by atoms with Gasteiger partial charge in [-0.25, -0.2) is 4.79 Å². The second-order valence-electron chi connectivity index (χ2n) is 8.61. The summed E-state index contributed by atoms with van der Waals surface area (Å²) in [6, 6.07) is 11.7. The summed E-state index contributed by atoms with van der Waals surface area (Å²) < 4.78 is 13.2. The molecule has 4 rings (SSSR count). The van der Waals surface area contributed by atoms with Crippen LogP contribution in [-0.2, 0) is 16.0 Å². The number of nitrogens with zero attached hydrogens (tertiary/aromatic N) is 2. The van der Waals surface area contributed by atoms with E-state index in [1.54, 1.807) is 36.9 Å². The predicted octanol–water partition coefficient (Wildman–Crippen LogP) is 2.63. The zero-order chi connectivity index (χ0) is 25.8. The lowest BCUT2D eigenvalue weighted by atomic mass is 10.0. The summed E-state index contributed by atoms with van der Waals surface area (Å²) in [5, 5.41) is 19.1. The Labute approximate surface area is 206 Å². The highest BCUT2D eigenvalue weighted by Crippen LogP contribution is 2.27. The normalized spacial score (nSPS) is 12.0. The number of aliphatic carboxylic acids is 1. The summed E-state index contributed by atoms with van der Waals surface area (Å²) in [4.78, 5) is 37.1. The summed E-state index contributed by atoms with van der Waals surface area (Å²) in [6.45, 7) is 4.94. The van der Waals surface area contributed by atoms with Crippen LogP contribution in [0.5, 0.6) is 5.75 Å². The summed E-state index contributed by atoms with van der Waals surface area (Å²) in [7, 11) is 0. The molecule has 0 aliphatic rings. The van der Waals surface area contributed by atoms with Gasteiger partial charge in [-0.05, 0) is 36.1 Å². The molecule has 0 spiro atoms. The maximum Gasteiger partial charge on any atom is 0.326 e. The van der Waals surface area contributed by atoms with Crippen LogP contribution in [0.15, 0.2) is 64.3 Å². The van der Waals surface area contributed by atoms with Crippen molar-refractivity contribution in [3.63, 3.8) is 0 Å². The maximum absolute atomic E-state index is 13.4. The minimum atomic E-state index is -1.11. The molecule has 2 aromatic heterocycles. The van der Waals surface area contributed by atoms with Crippen molar-refractivity contribution < 1.29 is 28.4 Å². The molecule has 10 nitrogen and oxygen atoms in total. The lowest BCUT2D eigenvalue weighted by Gasteiger charge is -2.18. The number of H-pyrrole nitrogens is 1. The van der Waals surface area contributed by atoms with Gasteiger partial charge >= 0.3 is 5.97 Å². The van der Waals surface area contributed by atoms with Gasteiger partial charge in [0.1, 0.15) is 34.9 Å². The summed E-state index contributed by atoms with van der Waals surface area (Å²) in [6.07, 6.45) is 3.48.